The van der Waals surface area contributed by atoms with Gasteiger partial charge in [-0.2, -0.15) is 0 Å². The van der Waals surface area contributed by atoms with Crippen LogP contribution in [0, 0.1) is 5.82 Å². The SMILES string of the molecule is CC(NC(=O)c1ccccc1NS(=O)(=O)c1ccccc1)c1ccc(F)cc1. The Bertz CT molecular complexity index is 1070. The summed E-state index contributed by atoms with van der Waals surface area (Å²) in [7, 11) is -3.83. The van der Waals surface area contributed by atoms with Crippen LogP contribution in [0.15, 0.2) is 83.8 Å². The summed E-state index contributed by atoms with van der Waals surface area (Å²) in [6, 6.07) is 19.7. The molecular weight excluding hydrogens is 379 g/mol. The zero-order chi connectivity index (χ0) is 20.1. The standard InChI is InChI=1S/C21H19FN2O3S/c1-15(16-11-13-17(22)14-12-16)23-21(25)19-9-5-6-10-20(19)24-28(26,27)18-7-3-2-4-8-18/h2-15,24H,1H3,(H,23,25). The van der Waals surface area contributed by atoms with Crippen molar-refractivity contribution in [3.05, 3.63) is 95.8 Å². The molecule has 0 aromatic heterocycles. The quantitative estimate of drug-likeness (QED) is 0.656. The van der Waals surface area contributed by atoms with Crippen molar-refractivity contribution in [3.8, 4) is 0 Å². The minimum Gasteiger partial charge on any atom is -0.345 e. The third-order valence-electron chi connectivity index (χ3n) is 4.19. The highest BCUT2D eigenvalue weighted by Crippen LogP contribution is 2.21. The molecule has 5 nitrogen and oxygen atoms in total. The third-order valence-corrected chi connectivity index (χ3v) is 5.57. The summed E-state index contributed by atoms with van der Waals surface area (Å²) in [5.74, 6) is -0.800. The number of amides is 1. The molecule has 144 valence electrons. The summed E-state index contributed by atoms with van der Waals surface area (Å²) in [5, 5.41) is 2.80. The molecule has 1 unspecified atom stereocenters. The Morgan fingerprint density at radius 3 is 2.18 bits per heavy atom. The van der Waals surface area contributed by atoms with Crippen molar-refractivity contribution in [2.24, 2.45) is 0 Å². The first-order chi connectivity index (χ1) is 13.4. The van der Waals surface area contributed by atoms with Crippen LogP contribution in [0.3, 0.4) is 0 Å². The van der Waals surface area contributed by atoms with Gasteiger partial charge in [0.25, 0.3) is 15.9 Å². The molecule has 0 aliphatic rings. The largest absolute Gasteiger partial charge is 0.345 e. The first-order valence-electron chi connectivity index (χ1n) is 8.60. The van der Waals surface area contributed by atoms with Gasteiger partial charge in [-0.15, -0.1) is 0 Å². The summed E-state index contributed by atoms with van der Waals surface area (Å²) >= 11 is 0. The lowest BCUT2D eigenvalue weighted by atomic mass is 10.1. The molecule has 0 bridgehead atoms. The summed E-state index contributed by atoms with van der Waals surface area (Å²) in [5.41, 5.74) is 1.10. The second kappa shape index (κ2) is 8.22. The Kier molecular flexibility index (Phi) is 5.75. The fourth-order valence-corrected chi connectivity index (χ4v) is 3.78. The number of nitrogens with one attached hydrogen (secondary N) is 2. The molecule has 1 atom stereocenters. The van der Waals surface area contributed by atoms with E-state index < -0.39 is 15.9 Å². The van der Waals surface area contributed by atoms with E-state index in [1.165, 1.54) is 36.4 Å². The summed E-state index contributed by atoms with van der Waals surface area (Å²) < 4.78 is 40.7. The van der Waals surface area contributed by atoms with Gasteiger partial charge in [0.2, 0.25) is 0 Å². The minimum absolute atomic E-state index is 0.102. The first-order valence-corrected chi connectivity index (χ1v) is 10.1. The van der Waals surface area contributed by atoms with Crippen molar-refractivity contribution in [2.45, 2.75) is 17.9 Å². The van der Waals surface area contributed by atoms with E-state index in [0.717, 1.165) is 5.56 Å². The second-order valence-electron chi connectivity index (χ2n) is 6.21. The van der Waals surface area contributed by atoms with Gasteiger partial charge in [0.05, 0.1) is 22.2 Å². The Labute approximate surface area is 163 Å². The molecule has 3 rings (SSSR count). The van der Waals surface area contributed by atoms with Gasteiger partial charge in [-0.25, -0.2) is 12.8 Å². The third kappa shape index (κ3) is 4.55. The fraction of sp³-hybridized carbons (Fsp3) is 0.0952. The molecule has 0 aliphatic carbocycles. The van der Waals surface area contributed by atoms with Crippen LogP contribution in [0.4, 0.5) is 10.1 Å². The molecular formula is C21H19FN2O3S. The molecule has 0 saturated heterocycles. The van der Waals surface area contributed by atoms with Gasteiger partial charge in [-0.3, -0.25) is 9.52 Å². The number of hydrogen-bond donors (Lipinski definition) is 2. The zero-order valence-corrected chi connectivity index (χ0v) is 15.9. The van der Waals surface area contributed by atoms with Crippen molar-refractivity contribution in [2.75, 3.05) is 4.72 Å². The van der Waals surface area contributed by atoms with E-state index in [1.807, 2.05) is 0 Å². The Balaban J connectivity index is 1.81. The number of benzene rings is 3. The number of sulfonamides is 1. The van der Waals surface area contributed by atoms with Gasteiger partial charge >= 0.3 is 0 Å². The predicted molar refractivity (Wildman–Crippen MR) is 106 cm³/mol. The number of halogens is 1. The van der Waals surface area contributed by atoms with Gasteiger partial charge in [0.1, 0.15) is 5.82 Å². The van der Waals surface area contributed by atoms with Crippen molar-refractivity contribution in [1.82, 2.24) is 5.32 Å². The molecule has 3 aromatic rings. The lowest BCUT2D eigenvalue weighted by Crippen LogP contribution is -2.28. The van der Waals surface area contributed by atoms with Crippen molar-refractivity contribution < 1.29 is 17.6 Å². The highest BCUT2D eigenvalue weighted by Gasteiger charge is 2.19. The summed E-state index contributed by atoms with van der Waals surface area (Å²) in [4.78, 5) is 12.8. The van der Waals surface area contributed by atoms with E-state index in [4.69, 9.17) is 0 Å². The summed E-state index contributed by atoms with van der Waals surface area (Å²) in [6.07, 6.45) is 0. The number of hydrogen-bond acceptors (Lipinski definition) is 3. The first kappa shape index (κ1) is 19.6. The molecule has 0 heterocycles. The highest BCUT2D eigenvalue weighted by molar-refractivity contribution is 7.92. The monoisotopic (exact) mass is 398 g/mol. The molecule has 28 heavy (non-hydrogen) atoms. The van der Waals surface area contributed by atoms with Crippen molar-refractivity contribution in [1.29, 1.82) is 0 Å². The number of para-hydroxylation sites is 1. The second-order valence-corrected chi connectivity index (χ2v) is 7.89. The maximum atomic E-state index is 13.1. The van der Waals surface area contributed by atoms with Crippen LogP contribution in [0.1, 0.15) is 28.9 Å². The molecule has 2 N–H and O–H groups in total. The average molecular weight is 398 g/mol. The molecule has 1 amide bonds. The van der Waals surface area contributed by atoms with Crippen LogP contribution in [0.2, 0.25) is 0 Å². The van der Waals surface area contributed by atoms with Crippen LogP contribution in [-0.2, 0) is 10.0 Å². The van der Waals surface area contributed by atoms with E-state index in [-0.39, 0.29) is 28.0 Å². The smallest absolute Gasteiger partial charge is 0.261 e. The molecule has 0 aliphatic heterocycles. The highest BCUT2D eigenvalue weighted by atomic mass is 32.2. The van der Waals surface area contributed by atoms with E-state index in [1.54, 1.807) is 49.4 Å². The number of carbonyl (C=O) groups excluding carboxylic acids is 1. The molecule has 3 aromatic carbocycles. The maximum absolute atomic E-state index is 13.1. The Morgan fingerprint density at radius 1 is 0.893 bits per heavy atom. The van der Waals surface area contributed by atoms with Gasteiger partial charge in [-0.05, 0) is 48.9 Å². The van der Waals surface area contributed by atoms with Crippen LogP contribution in [0.25, 0.3) is 0 Å². The number of rotatable bonds is 6. The lowest BCUT2D eigenvalue weighted by molar-refractivity contribution is 0.0941. The predicted octanol–water partition coefficient (Wildman–Crippen LogP) is 4.12. The van der Waals surface area contributed by atoms with E-state index in [2.05, 4.69) is 10.0 Å². The van der Waals surface area contributed by atoms with Gasteiger partial charge in [-0.1, -0.05) is 42.5 Å². The van der Waals surface area contributed by atoms with Crippen LogP contribution in [-0.4, -0.2) is 14.3 Å². The molecule has 0 radical (unpaired) electrons. The maximum Gasteiger partial charge on any atom is 0.261 e. The van der Waals surface area contributed by atoms with Crippen LogP contribution >= 0.6 is 0 Å². The topological polar surface area (TPSA) is 75.3 Å². The van der Waals surface area contributed by atoms with Crippen LogP contribution in [0.5, 0.6) is 0 Å². The number of anilines is 1. The normalized spacial score (nSPS) is 12.2. The molecule has 7 heteroatoms. The van der Waals surface area contributed by atoms with E-state index in [9.17, 15) is 17.6 Å². The molecule has 0 spiro atoms. The van der Waals surface area contributed by atoms with Gasteiger partial charge in [0, 0.05) is 0 Å². The van der Waals surface area contributed by atoms with E-state index >= 15 is 0 Å². The molecule has 0 fully saturated rings. The average Bonchev–Trinajstić information content (AvgIpc) is 2.69. The van der Waals surface area contributed by atoms with Gasteiger partial charge < -0.3 is 5.32 Å². The Hall–Kier alpha value is -3.19. The van der Waals surface area contributed by atoms with Crippen molar-refractivity contribution in [3.63, 3.8) is 0 Å². The van der Waals surface area contributed by atoms with E-state index in [0.29, 0.717) is 0 Å². The summed E-state index contributed by atoms with van der Waals surface area (Å²) in [6.45, 7) is 1.77. The Morgan fingerprint density at radius 2 is 1.50 bits per heavy atom. The van der Waals surface area contributed by atoms with Crippen molar-refractivity contribution >= 4 is 21.6 Å². The lowest BCUT2D eigenvalue weighted by Gasteiger charge is -2.17. The van der Waals surface area contributed by atoms with Gasteiger partial charge in [0.15, 0.2) is 0 Å². The number of carbonyl (C=O) groups is 1. The molecule has 0 saturated carbocycles. The zero-order valence-electron chi connectivity index (χ0n) is 15.1. The minimum atomic E-state index is -3.83. The van der Waals surface area contributed by atoms with Crippen LogP contribution < -0.4 is 10.0 Å². The fourth-order valence-electron chi connectivity index (χ4n) is 2.68.